The zero-order chi connectivity index (χ0) is 24.6. The Morgan fingerprint density at radius 3 is 2.61 bits per heavy atom. The molecule has 0 fully saturated rings. The van der Waals surface area contributed by atoms with Gasteiger partial charge in [-0.2, -0.15) is 13.2 Å². The number of nitrogens with one attached hydrogen (secondary N) is 1. The molecule has 3 heterocycles. The number of imidazole rings is 1. The largest absolute Gasteiger partial charge is 0.483 e. The van der Waals surface area contributed by atoms with Gasteiger partial charge < -0.3 is 15.2 Å². The van der Waals surface area contributed by atoms with Crippen molar-refractivity contribution < 1.29 is 32.2 Å². The van der Waals surface area contributed by atoms with Gasteiger partial charge in [0.1, 0.15) is 23.8 Å². The molecule has 1 amide bonds. The lowest BCUT2D eigenvalue weighted by molar-refractivity contribution is -0.151. The molecule has 178 valence electrons. The first-order valence-corrected chi connectivity index (χ1v) is 10.1. The van der Waals surface area contributed by atoms with E-state index in [-0.39, 0.29) is 35.1 Å². The molecule has 1 unspecified atom stereocenters. The van der Waals surface area contributed by atoms with E-state index in [2.05, 4.69) is 15.3 Å². The minimum atomic E-state index is -4.59. The van der Waals surface area contributed by atoms with Crippen LogP contribution in [0.1, 0.15) is 47.7 Å². The van der Waals surface area contributed by atoms with Crippen LogP contribution in [0.4, 0.5) is 17.6 Å². The molecule has 11 heteroatoms. The molecule has 0 aliphatic heterocycles. The molecule has 0 aliphatic carbocycles. The van der Waals surface area contributed by atoms with E-state index >= 15 is 0 Å². The van der Waals surface area contributed by atoms with Gasteiger partial charge in [-0.05, 0) is 51.5 Å². The number of hydrogen-bond donors (Lipinski definition) is 2. The number of aliphatic hydroxyl groups is 1. The summed E-state index contributed by atoms with van der Waals surface area (Å²) in [5.41, 5.74) is -0.600. The minimum absolute atomic E-state index is 0.000934. The molecular weight excluding hydrogens is 444 g/mol. The van der Waals surface area contributed by atoms with Crippen molar-refractivity contribution in [3.63, 3.8) is 0 Å². The fourth-order valence-corrected chi connectivity index (χ4v) is 3.34. The van der Waals surface area contributed by atoms with Gasteiger partial charge in [-0.1, -0.05) is 0 Å². The zero-order valence-corrected chi connectivity index (χ0v) is 18.5. The lowest BCUT2D eigenvalue weighted by Gasteiger charge is -2.30. The van der Waals surface area contributed by atoms with Crippen LogP contribution in [-0.4, -0.2) is 43.2 Å². The summed E-state index contributed by atoms with van der Waals surface area (Å²) in [6, 6.07) is 2.77. The Morgan fingerprint density at radius 1 is 1.30 bits per heavy atom. The van der Waals surface area contributed by atoms with Crippen LogP contribution in [0.3, 0.4) is 0 Å². The summed E-state index contributed by atoms with van der Waals surface area (Å²) in [4.78, 5) is 21.2. The van der Waals surface area contributed by atoms with Crippen molar-refractivity contribution >= 4 is 11.6 Å². The number of carbonyl (C=O) groups excluding carboxylic acids is 1. The summed E-state index contributed by atoms with van der Waals surface area (Å²) in [5, 5.41) is 12.4. The molecule has 3 rings (SSSR count). The van der Waals surface area contributed by atoms with Gasteiger partial charge in [0, 0.05) is 12.4 Å². The van der Waals surface area contributed by atoms with Crippen LogP contribution in [-0.2, 0) is 6.61 Å². The fraction of sp³-hybridized carbons (Fsp3) is 0.409. The molecule has 2 N–H and O–H groups in total. The molecule has 0 spiro atoms. The van der Waals surface area contributed by atoms with Crippen LogP contribution in [0.2, 0.25) is 0 Å². The maximum Gasteiger partial charge on any atom is 0.391 e. The Morgan fingerprint density at radius 2 is 2.00 bits per heavy atom. The highest BCUT2D eigenvalue weighted by atomic mass is 19.4. The quantitative estimate of drug-likeness (QED) is 0.514. The first kappa shape index (κ1) is 24.4. The van der Waals surface area contributed by atoms with Crippen molar-refractivity contribution in [2.45, 2.75) is 58.5 Å². The van der Waals surface area contributed by atoms with Gasteiger partial charge in [-0.15, -0.1) is 0 Å². The molecule has 3 aromatic rings. The van der Waals surface area contributed by atoms with Gasteiger partial charge in [0.2, 0.25) is 0 Å². The van der Waals surface area contributed by atoms with Crippen LogP contribution < -0.4 is 10.1 Å². The molecule has 3 aromatic heterocycles. The summed E-state index contributed by atoms with van der Waals surface area (Å²) in [6.45, 7) is 5.46. The van der Waals surface area contributed by atoms with E-state index in [0.717, 1.165) is 0 Å². The average Bonchev–Trinajstić information content (AvgIpc) is 3.00. The van der Waals surface area contributed by atoms with Crippen molar-refractivity contribution in [1.29, 1.82) is 0 Å². The Labute approximate surface area is 187 Å². The van der Waals surface area contributed by atoms with E-state index < -0.39 is 36.0 Å². The average molecular weight is 468 g/mol. The van der Waals surface area contributed by atoms with E-state index in [4.69, 9.17) is 4.74 Å². The van der Waals surface area contributed by atoms with Crippen LogP contribution in [0.5, 0.6) is 5.75 Å². The summed E-state index contributed by atoms with van der Waals surface area (Å²) >= 11 is 0. The maximum atomic E-state index is 13.9. The van der Waals surface area contributed by atoms with E-state index in [1.54, 1.807) is 19.2 Å². The summed E-state index contributed by atoms with van der Waals surface area (Å²) in [5.74, 6) is -1.12. The number of aryl methyl sites for hydroxylation is 2. The molecule has 0 saturated carbocycles. The highest BCUT2D eigenvalue weighted by Gasteiger charge is 2.40. The van der Waals surface area contributed by atoms with Gasteiger partial charge in [0.05, 0.1) is 23.8 Å². The van der Waals surface area contributed by atoms with Crippen molar-refractivity contribution in [3.8, 4) is 5.75 Å². The molecule has 0 bridgehead atoms. The second-order valence-corrected chi connectivity index (χ2v) is 8.34. The third kappa shape index (κ3) is 5.78. The van der Waals surface area contributed by atoms with Crippen molar-refractivity contribution in [2.75, 3.05) is 0 Å². The third-order valence-electron chi connectivity index (χ3n) is 5.01. The number of nitrogens with zero attached hydrogens (tertiary/aromatic N) is 3. The molecule has 1 atom stereocenters. The van der Waals surface area contributed by atoms with E-state index in [1.807, 2.05) is 0 Å². The number of carbonyl (C=O) groups is 1. The summed E-state index contributed by atoms with van der Waals surface area (Å²) in [7, 11) is 0. The van der Waals surface area contributed by atoms with Crippen LogP contribution in [0, 0.1) is 19.7 Å². The fourth-order valence-electron chi connectivity index (χ4n) is 3.34. The molecule has 33 heavy (non-hydrogen) atoms. The van der Waals surface area contributed by atoms with Crippen molar-refractivity contribution in [1.82, 2.24) is 19.7 Å². The second-order valence-electron chi connectivity index (χ2n) is 8.34. The lowest BCUT2D eigenvalue weighted by Crippen LogP contribution is -2.51. The third-order valence-corrected chi connectivity index (χ3v) is 5.01. The van der Waals surface area contributed by atoms with Crippen LogP contribution >= 0.6 is 0 Å². The van der Waals surface area contributed by atoms with Gasteiger partial charge in [-0.25, -0.2) is 9.37 Å². The number of pyridine rings is 2. The molecule has 0 aromatic carbocycles. The summed E-state index contributed by atoms with van der Waals surface area (Å²) < 4.78 is 60.0. The predicted octanol–water partition coefficient (Wildman–Crippen LogP) is 3.89. The Kier molecular flexibility index (Phi) is 6.64. The molecule has 0 aliphatic rings. The first-order valence-electron chi connectivity index (χ1n) is 10.1. The number of rotatable bonds is 7. The maximum absolute atomic E-state index is 13.9. The van der Waals surface area contributed by atoms with E-state index in [0.29, 0.717) is 5.56 Å². The topological polar surface area (TPSA) is 88.8 Å². The van der Waals surface area contributed by atoms with Gasteiger partial charge >= 0.3 is 6.18 Å². The van der Waals surface area contributed by atoms with Gasteiger partial charge in [0.15, 0.2) is 11.4 Å². The van der Waals surface area contributed by atoms with Crippen molar-refractivity contribution in [3.05, 3.63) is 59.1 Å². The Hall–Kier alpha value is -3.21. The zero-order valence-electron chi connectivity index (χ0n) is 18.5. The standard InChI is InChI=1S/C22H24F4N4O3/c1-12-8-16(33-11-15-14(23)6-5-7-27-15)19-28-13(2)18(30(19)10-12)20(31)29-17(21(3,4)32)9-22(24,25)26/h5-8,10,17,32H,9,11H2,1-4H3,(H,29,31). The highest BCUT2D eigenvalue weighted by molar-refractivity contribution is 5.95. The molecule has 7 nitrogen and oxygen atoms in total. The number of fused-ring (bicyclic) bond motifs is 1. The first-order chi connectivity index (χ1) is 15.3. The normalized spacial score (nSPS) is 13.2. The number of halogens is 4. The number of ether oxygens (including phenoxy) is 1. The summed E-state index contributed by atoms with van der Waals surface area (Å²) in [6.07, 6.45) is -2.98. The van der Waals surface area contributed by atoms with E-state index in [9.17, 15) is 27.5 Å². The van der Waals surface area contributed by atoms with Crippen LogP contribution in [0.25, 0.3) is 5.65 Å². The second kappa shape index (κ2) is 8.97. The number of hydrogen-bond acceptors (Lipinski definition) is 5. The van der Waals surface area contributed by atoms with Gasteiger partial charge in [0.25, 0.3) is 5.91 Å². The smallest absolute Gasteiger partial charge is 0.391 e. The number of amides is 1. The Bertz CT molecular complexity index is 1170. The van der Waals surface area contributed by atoms with Crippen LogP contribution in [0.15, 0.2) is 30.6 Å². The van der Waals surface area contributed by atoms with Gasteiger partial charge in [-0.3, -0.25) is 14.2 Å². The SMILES string of the molecule is Cc1cc(OCc2ncccc2F)c2nc(C)c(C(=O)NC(CC(F)(F)F)C(C)(C)O)n2c1. The number of alkyl halides is 3. The van der Waals surface area contributed by atoms with E-state index in [1.165, 1.54) is 43.5 Å². The predicted molar refractivity (Wildman–Crippen MR) is 111 cm³/mol. The molecule has 0 radical (unpaired) electrons. The lowest BCUT2D eigenvalue weighted by atomic mass is 9.95. The molecule has 0 saturated heterocycles. The highest BCUT2D eigenvalue weighted by Crippen LogP contribution is 2.28. The number of aromatic nitrogens is 3. The molecular formula is C22H24F4N4O3. The monoisotopic (exact) mass is 468 g/mol. The van der Waals surface area contributed by atoms with Crippen molar-refractivity contribution in [2.24, 2.45) is 0 Å². The minimum Gasteiger partial charge on any atom is -0.483 e. The Balaban J connectivity index is 1.95.